The van der Waals surface area contributed by atoms with E-state index in [0.717, 1.165) is 13.1 Å². The van der Waals surface area contributed by atoms with E-state index in [2.05, 4.69) is 44.8 Å². The molecule has 0 bridgehead atoms. The summed E-state index contributed by atoms with van der Waals surface area (Å²) >= 11 is 0. The topological polar surface area (TPSA) is 15.3 Å². The van der Waals surface area contributed by atoms with Crippen LogP contribution in [0.5, 0.6) is 0 Å². The summed E-state index contributed by atoms with van der Waals surface area (Å²) in [5.74, 6) is 0. The smallest absolute Gasteiger partial charge is 0.00472 e. The van der Waals surface area contributed by atoms with E-state index >= 15 is 0 Å². The van der Waals surface area contributed by atoms with Crippen LogP contribution in [0.3, 0.4) is 0 Å². The Bertz CT molecular complexity index is 155. The van der Waals surface area contributed by atoms with Crippen molar-refractivity contribution >= 4 is 0 Å². The minimum Gasteiger partial charge on any atom is -0.316 e. The van der Waals surface area contributed by atoms with E-state index in [4.69, 9.17) is 0 Å². The van der Waals surface area contributed by atoms with Crippen LogP contribution in [0.15, 0.2) is 0 Å². The number of rotatable bonds is 10. The minimum absolute atomic E-state index is 0.440. The molecule has 0 rings (SSSR count). The Balaban J connectivity index is 4.18. The second kappa shape index (κ2) is 9.00. The molecule has 0 aliphatic rings. The van der Waals surface area contributed by atoms with Gasteiger partial charge in [-0.1, -0.05) is 41.0 Å². The van der Waals surface area contributed by atoms with Crippen LogP contribution in [0.25, 0.3) is 0 Å². The fourth-order valence-corrected chi connectivity index (χ4v) is 2.38. The van der Waals surface area contributed by atoms with Crippen molar-refractivity contribution in [2.45, 2.75) is 53.9 Å². The molecule has 0 aliphatic carbocycles. The quantitative estimate of drug-likeness (QED) is 0.578. The Labute approximate surface area is 103 Å². The highest BCUT2D eigenvalue weighted by Crippen LogP contribution is 2.23. The van der Waals surface area contributed by atoms with Gasteiger partial charge >= 0.3 is 0 Å². The molecule has 16 heavy (non-hydrogen) atoms. The fraction of sp³-hybridized carbons (Fsp3) is 1.00. The highest BCUT2D eigenvalue weighted by atomic mass is 15.1. The van der Waals surface area contributed by atoms with Gasteiger partial charge in [-0.2, -0.15) is 0 Å². The number of nitrogens with one attached hydrogen (secondary N) is 1. The normalized spacial score (nSPS) is 15.4. The second-order valence-corrected chi connectivity index (χ2v) is 5.20. The molecule has 0 fully saturated rings. The zero-order chi connectivity index (χ0) is 12.4. The lowest BCUT2D eigenvalue weighted by Gasteiger charge is -2.35. The fourth-order valence-electron chi connectivity index (χ4n) is 2.38. The molecule has 2 heteroatoms. The van der Waals surface area contributed by atoms with E-state index in [1.54, 1.807) is 0 Å². The van der Waals surface area contributed by atoms with Crippen LogP contribution in [0, 0.1) is 5.41 Å². The first-order valence-electron chi connectivity index (χ1n) is 7.04. The molecule has 2 nitrogen and oxygen atoms in total. The van der Waals surface area contributed by atoms with Gasteiger partial charge in [-0.15, -0.1) is 0 Å². The van der Waals surface area contributed by atoms with Crippen LogP contribution in [0.1, 0.15) is 53.9 Å². The molecule has 0 aliphatic heterocycles. The molecule has 0 heterocycles. The van der Waals surface area contributed by atoms with E-state index in [1.807, 2.05) is 0 Å². The van der Waals surface area contributed by atoms with Gasteiger partial charge in [0, 0.05) is 13.1 Å². The molecule has 0 aromatic carbocycles. The van der Waals surface area contributed by atoms with Crippen molar-refractivity contribution in [1.29, 1.82) is 0 Å². The van der Waals surface area contributed by atoms with E-state index in [9.17, 15) is 0 Å². The monoisotopic (exact) mass is 228 g/mol. The molecule has 0 aromatic rings. The second-order valence-electron chi connectivity index (χ2n) is 5.20. The van der Waals surface area contributed by atoms with Crippen molar-refractivity contribution < 1.29 is 0 Å². The van der Waals surface area contributed by atoms with Crippen LogP contribution >= 0.6 is 0 Å². The molecule has 0 spiro atoms. The van der Waals surface area contributed by atoms with Gasteiger partial charge in [0.05, 0.1) is 0 Å². The number of hydrogen-bond donors (Lipinski definition) is 1. The Morgan fingerprint density at radius 3 is 2.06 bits per heavy atom. The Hall–Kier alpha value is -0.0800. The first kappa shape index (κ1) is 15.9. The van der Waals surface area contributed by atoms with Gasteiger partial charge in [0.25, 0.3) is 0 Å². The Morgan fingerprint density at radius 2 is 1.62 bits per heavy atom. The minimum atomic E-state index is 0.440. The highest BCUT2D eigenvalue weighted by Gasteiger charge is 2.24. The van der Waals surface area contributed by atoms with Crippen LogP contribution in [-0.2, 0) is 0 Å². The lowest BCUT2D eigenvalue weighted by atomic mass is 9.84. The maximum atomic E-state index is 3.59. The zero-order valence-corrected chi connectivity index (χ0v) is 12.1. The van der Waals surface area contributed by atoms with Gasteiger partial charge in [-0.05, 0) is 37.9 Å². The molecule has 98 valence electrons. The summed E-state index contributed by atoms with van der Waals surface area (Å²) in [5.41, 5.74) is 0.440. The molecule has 0 radical (unpaired) electrons. The Morgan fingerprint density at radius 1 is 1.00 bits per heavy atom. The van der Waals surface area contributed by atoms with Gasteiger partial charge in [-0.25, -0.2) is 0 Å². The lowest BCUT2D eigenvalue weighted by Crippen LogP contribution is -2.42. The Kier molecular flexibility index (Phi) is 8.96. The van der Waals surface area contributed by atoms with Crippen molar-refractivity contribution in [2.24, 2.45) is 5.41 Å². The first-order chi connectivity index (χ1) is 7.61. The average Bonchev–Trinajstić information content (AvgIpc) is 2.27. The van der Waals surface area contributed by atoms with Crippen molar-refractivity contribution in [2.75, 3.05) is 32.7 Å². The molecule has 0 amide bonds. The van der Waals surface area contributed by atoms with Gasteiger partial charge in [0.2, 0.25) is 0 Å². The molecule has 1 unspecified atom stereocenters. The summed E-state index contributed by atoms with van der Waals surface area (Å²) in [5, 5.41) is 3.59. The predicted molar refractivity (Wildman–Crippen MR) is 74.0 cm³/mol. The van der Waals surface area contributed by atoms with Crippen molar-refractivity contribution in [3.63, 3.8) is 0 Å². The van der Waals surface area contributed by atoms with Gasteiger partial charge in [0.1, 0.15) is 0 Å². The molecule has 1 atom stereocenters. The van der Waals surface area contributed by atoms with Gasteiger partial charge in [-0.3, -0.25) is 0 Å². The van der Waals surface area contributed by atoms with Crippen LogP contribution < -0.4 is 5.32 Å². The molecule has 0 saturated carbocycles. The van der Waals surface area contributed by atoms with Crippen molar-refractivity contribution in [1.82, 2.24) is 10.2 Å². The maximum absolute atomic E-state index is 3.59. The van der Waals surface area contributed by atoms with E-state index in [0.29, 0.717) is 5.41 Å². The van der Waals surface area contributed by atoms with Crippen molar-refractivity contribution in [3.05, 3.63) is 0 Å². The SMILES string of the molecule is CCCNCC(C)(CCC)CN(CC)CC. The summed E-state index contributed by atoms with van der Waals surface area (Å²) in [4.78, 5) is 2.54. The predicted octanol–water partition coefficient (Wildman–Crippen LogP) is 3.13. The third-order valence-electron chi connectivity index (χ3n) is 3.33. The standard InChI is InChI=1S/C14H32N2/c1-6-10-14(5,12-15-11-7-2)13-16(8-3)9-4/h15H,6-13H2,1-5H3. The van der Waals surface area contributed by atoms with Crippen LogP contribution in [0.4, 0.5) is 0 Å². The summed E-state index contributed by atoms with van der Waals surface area (Å²) < 4.78 is 0. The van der Waals surface area contributed by atoms with E-state index in [1.165, 1.54) is 38.9 Å². The molecular weight excluding hydrogens is 196 g/mol. The molecule has 1 N–H and O–H groups in total. The summed E-state index contributed by atoms with van der Waals surface area (Å²) in [6.07, 6.45) is 3.83. The van der Waals surface area contributed by atoms with Gasteiger partial charge < -0.3 is 10.2 Å². The summed E-state index contributed by atoms with van der Waals surface area (Å²) in [6, 6.07) is 0. The molecule has 0 saturated heterocycles. The largest absolute Gasteiger partial charge is 0.316 e. The average molecular weight is 228 g/mol. The summed E-state index contributed by atoms with van der Waals surface area (Å²) in [6.45, 7) is 17.3. The molecular formula is C14H32N2. The zero-order valence-electron chi connectivity index (χ0n) is 12.1. The van der Waals surface area contributed by atoms with E-state index in [-0.39, 0.29) is 0 Å². The first-order valence-corrected chi connectivity index (χ1v) is 7.04. The molecule has 0 aromatic heterocycles. The summed E-state index contributed by atoms with van der Waals surface area (Å²) in [7, 11) is 0. The van der Waals surface area contributed by atoms with E-state index < -0.39 is 0 Å². The maximum Gasteiger partial charge on any atom is 0.00472 e. The number of nitrogens with zero attached hydrogens (tertiary/aromatic N) is 1. The van der Waals surface area contributed by atoms with Crippen molar-refractivity contribution in [3.8, 4) is 0 Å². The van der Waals surface area contributed by atoms with Gasteiger partial charge in [0.15, 0.2) is 0 Å². The lowest BCUT2D eigenvalue weighted by molar-refractivity contribution is 0.160. The number of hydrogen-bond acceptors (Lipinski definition) is 2. The third-order valence-corrected chi connectivity index (χ3v) is 3.33. The van der Waals surface area contributed by atoms with Crippen LogP contribution in [0.2, 0.25) is 0 Å². The third kappa shape index (κ3) is 6.49. The van der Waals surface area contributed by atoms with Crippen LogP contribution in [-0.4, -0.2) is 37.6 Å². The highest BCUT2D eigenvalue weighted by molar-refractivity contribution is 4.80.